The average molecular weight is 388 g/mol. The van der Waals surface area contributed by atoms with Crippen LogP contribution >= 0.6 is 0 Å². The van der Waals surface area contributed by atoms with Crippen molar-refractivity contribution in [3.05, 3.63) is 0 Å². The van der Waals surface area contributed by atoms with E-state index in [1.165, 1.54) is 25.7 Å². The predicted molar refractivity (Wildman–Crippen MR) is 115 cm³/mol. The standard InChI is InChI=1S/C21H37N7/c1-20(2)14-16(15-21(3,4)25-20)26(5)17-22-18(27-10-6-7-11-27)24-19(23-17)28-12-8-9-13-28/h16,25H,6-15H2,1-5H3. The highest BCUT2D eigenvalue weighted by Gasteiger charge is 2.40. The van der Waals surface area contributed by atoms with E-state index in [4.69, 9.17) is 15.0 Å². The molecule has 0 unspecified atom stereocenters. The minimum Gasteiger partial charge on any atom is -0.341 e. The van der Waals surface area contributed by atoms with Crippen LogP contribution in [0.15, 0.2) is 0 Å². The molecular formula is C21H37N7. The van der Waals surface area contributed by atoms with Gasteiger partial charge in [-0.05, 0) is 66.2 Å². The molecule has 7 nitrogen and oxygen atoms in total. The van der Waals surface area contributed by atoms with Crippen LogP contribution in [0.25, 0.3) is 0 Å². The first-order valence-corrected chi connectivity index (χ1v) is 11.0. The molecule has 28 heavy (non-hydrogen) atoms. The maximum absolute atomic E-state index is 4.94. The van der Waals surface area contributed by atoms with Crippen molar-refractivity contribution < 1.29 is 0 Å². The quantitative estimate of drug-likeness (QED) is 0.852. The molecule has 156 valence electrons. The molecule has 3 saturated heterocycles. The summed E-state index contributed by atoms with van der Waals surface area (Å²) in [5.41, 5.74) is 0.201. The van der Waals surface area contributed by atoms with Gasteiger partial charge < -0.3 is 20.0 Å². The number of piperidine rings is 1. The van der Waals surface area contributed by atoms with Gasteiger partial charge in [0, 0.05) is 50.3 Å². The Morgan fingerprint density at radius 2 is 1.21 bits per heavy atom. The monoisotopic (exact) mass is 387 g/mol. The van der Waals surface area contributed by atoms with E-state index in [0.717, 1.165) is 56.9 Å². The lowest BCUT2D eigenvalue weighted by molar-refractivity contribution is 0.160. The maximum Gasteiger partial charge on any atom is 0.231 e. The highest BCUT2D eigenvalue weighted by molar-refractivity contribution is 5.47. The summed E-state index contributed by atoms with van der Waals surface area (Å²) in [5, 5.41) is 3.78. The van der Waals surface area contributed by atoms with Crippen LogP contribution in [0, 0.1) is 0 Å². The van der Waals surface area contributed by atoms with Gasteiger partial charge in [0.05, 0.1) is 0 Å². The van der Waals surface area contributed by atoms with Gasteiger partial charge >= 0.3 is 0 Å². The summed E-state index contributed by atoms with van der Waals surface area (Å²) in [5.74, 6) is 2.56. The van der Waals surface area contributed by atoms with Gasteiger partial charge in [-0.15, -0.1) is 0 Å². The summed E-state index contributed by atoms with van der Waals surface area (Å²) < 4.78 is 0. The molecule has 0 bridgehead atoms. The zero-order valence-electron chi connectivity index (χ0n) is 18.3. The molecule has 0 amide bonds. The van der Waals surface area contributed by atoms with E-state index >= 15 is 0 Å². The molecule has 4 heterocycles. The molecule has 3 fully saturated rings. The van der Waals surface area contributed by atoms with Crippen LogP contribution in [0.1, 0.15) is 66.2 Å². The molecule has 0 radical (unpaired) electrons. The molecule has 1 aromatic heterocycles. The first-order chi connectivity index (χ1) is 13.2. The number of rotatable bonds is 4. The van der Waals surface area contributed by atoms with Gasteiger partial charge in [0.25, 0.3) is 0 Å². The maximum atomic E-state index is 4.94. The molecule has 1 aromatic rings. The van der Waals surface area contributed by atoms with Gasteiger partial charge in [-0.2, -0.15) is 15.0 Å². The Bertz CT molecular complexity index is 640. The third-order valence-electron chi connectivity index (χ3n) is 6.41. The summed E-state index contributed by atoms with van der Waals surface area (Å²) in [7, 11) is 2.17. The summed E-state index contributed by atoms with van der Waals surface area (Å²) >= 11 is 0. The summed E-state index contributed by atoms with van der Waals surface area (Å²) in [6, 6.07) is 0.409. The van der Waals surface area contributed by atoms with Crippen molar-refractivity contribution in [1.29, 1.82) is 0 Å². The molecular weight excluding hydrogens is 350 g/mol. The van der Waals surface area contributed by atoms with Crippen LogP contribution in [0.4, 0.5) is 17.8 Å². The Hall–Kier alpha value is -1.63. The molecule has 0 aliphatic carbocycles. The van der Waals surface area contributed by atoms with Crippen molar-refractivity contribution >= 4 is 17.8 Å². The van der Waals surface area contributed by atoms with Crippen LogP contribution in [0.2, 0.25) is 0 Å². The van der Waals surface area contributed by atoms with E-state index in [2.05, 4.69) is 54.8 Å². The van der Waals surface area contributed by atoms with Gasteiger partial charge in [-0.3, -0.25) is 0 Å². The lowest BCUT2D eigenvalue weighted by Crippen LogP contribution is -2.62. The number of aromatic nitrogens is 3. The van der Waals surface area contributed by atoms with Crippen LogP contribution in [-0.2, 0) is 0 Å². The molecule has 3 aliphatic rings. The van der Waals surface area contributed by atoms with Crippen LogP contribution in [-0.4, -0.2) is 65.3 Å². The smallest absolute Gasteiger partial charge is 0.231 e. The minimum atomic E-state index is 0.100. The van der Waals surface area contributed by atoms with Crippen molar-refractivity contribution in [1.82, 2.24) is 20.3 Å². The first-order valence-electron chi connectivity index (χ1n) is 11.0. The highest BCUT2D eigenvalue weighted by atomic mass is 15.4. The number of anilines is 3. The normalized spacial score (nSPS) is 24.8. The Balaban J connectivity index is 1.65. The zero-order chi connectivity index (χ0) is 19.9. The van der Waals surface area contributed by atoms with E-state index < -0.39 is 0 Å². The Labute approximate surface area is 169 Å². The van der Waals surface area contributed by atoms with E-state index in [0.29, 0.717) is 6.04 Å². The third-order valence-corrected chi connectivity index (χ3v) is 6.41. The fraction of sp³-hybridized carbons (Fsp3) is 0.857. The van der Waals surface area contributed by atoms with Crippen LogP contribution in [0.5, 0.6) is 0 Å². The highest BCUT2D eigenvalue weighted by Crippen LogP contribution is 2.33. The fourth-order valence-corrected chi connectivity index (χ4v) is 5.32. The van der Waals surface area contributed by atoms with Crippen LogP contribution in [0.3, 0.4) is 0 Å². The molecule has 3 aliphatic heterocycles. The Kier molecular flexibility index (Phi) is 5.14. The van der Waals surface area contributed by atoms with Crippen molar-refractivity contribution in [2.75, 3.05) is 47.9 Å². The van der Waals surface area contributed by atoms with Crippen molar-refractivity contribution in [3.8, 4) is 0 Å². The van der Waals surface area contributed by atoms with Crippen molar-refractivity contribution in [2.24, 2.45) is 0 Å². The second kappa shape index (κ2) is 7.32. The molecule has 0 saturated carbocycles. The van der Waals surface area contributed by atoms with E-state index in [9.17, 15) is 0 Å². The van der Waals surface area contributed by atoms with E-state index in [1.54, 1.807) is 0 Å². The second-order valence-electron chi connectivity index (χ2n) is 10.2. The molecule has 4 rings (SSSR count). The van der Waals surface area contributed by atoms with Crippen molar-refractivity contribution in [3.63, 3.8) is 0 Å². The van der Waals surface area contributed by atoms with Gasteiger partial charge in [0.2, 0.25) is 17.8 Å². The van der Waals surface area contributed by atoms with Gasteiger partial charge in [0.15, 0.2) is 0 Å². The molecule has 7 heteroatoms. The Morgan fingerprint density at radius 3 is 1.64 bits per heavy atom. The van der Waals surface area contributed by atoms with Crippen LogP contribution < -0.4 is 20.0 Å². The number of hydrogen-bond acceptors (Lipinski definition) is 7. The number of nitrogens with zero attached hydrogens (tertiary/aromatic N) is 6. The average Bonchev–Trinajstić information content (AvgIpc) is 3.31. The topological polar surface area (TPSA) is 60.4 Å². The molecule has 0 atom stereocenters. The summed E-state index contributed by atoms with van der Waals surface area (Å²) in [6.07, 6.45) is 7.08. The summed E-state index contributed by atoms with van der Waals surface area (Å²) in [4.78, 5) is 21.7. The first kappa shape index (κ1) is 19.7. The minimum absolute atomic E-state index is 0.100. The van der Waals surface area contributed by atoms with Gasteiger partial charge in [-0.1, -0.05) is 0 Å². The lowest BCUT2D eigenvalue weighted by atomic mass is 9.79. The summed E-state index contributed by atoms with van der Waals surface area (Å²) in [6.45, 7) is 13.4. The fourth-order valence-electron chi connectivity index (χ4n) is 5.32. The Morgan fingerprint density at radius 1 is 0.786 bits per heavy atom. The number of hydrogen-bond donors (Lipinski definition) is 1. The molecule has 0 aromatic carbocycles. The van der Waals surface area contributed by atoms with Crippen molar-refractivity contribution in [2.45, 2.75) is 83.3 Å². The lowest BCUT2D eigenvalue weighted by Gasteiger charge is -2.49. The number of nitrogens with one attached hydrogen (secondary N) is 1. The second-order valence-corrected chi connectivity index (χ2v) is 10.2. The molecule has 0 spiro atoms. The molecule has 1 N–H and O–H groups in total. The third kappa shape index (κ3) is 4.19. The van der Waals surface area contributed by atoms with E-state index in [1.807, 2.05) is 0 Å². The SMILES string of the molecule is CN(c1nc(N2CCCC2)nc(N2CCCC2)n1)C1CC(C)(C)NC(C)(C)C1. The van der Waals surface area contributed by atoms with Gasteiger partial charge in [0.1, 0.15) is 0 Å². The van der Waals surface area contributed by atoms with E-state index in [-0.39, 0.29) is 11.1 Å². The van der Waals surface area contributed by atoms with Gasteiger partial charge in [-0.25, -0.2) is 0 Å². The zero-order valence-corrected chi connectivity index (χ0v) is 18.3. The predicted octanol–water partition coefficient (Wildman–Crippen LogP) is 2.82. The largest absolute Gasteiger partial charge is 0.341 e.